The average Bonchev–Trinajstić information content (AvgIpc) is 2.15. The SMILES string of the molecule is CC(C)(C)OC(=O)N1CCSCC1CN. The molecule has 0 aliphatic carbocycles. The van der Waals surface area contributed by atoms with Crippen LogP contribution >= 0.6 is 11.8 Å². The van der Waals surface area contributed by atoms with Crippen molar-refractivity contribution in [2.75, 3.05) is 24.6 Å². The second-order valence-electron chi connectivity index (χ2n) is 4.64. The van der Waals surface area contributed by atoms with Crippen molar-refractivity contribution in [3.63, 3.8) is 0 Å². The predicted molar refractivity (Wildman–Crippen MR) is 63.1 cm³/mol. The fourth-order valence-corrected chi connectivity index (χ4v) is 2.49. The van der Waals surface area contributed by atoms with Gasteiger partial charge < -0.3 is 15.4 Å². The van der Waals surface area contributed by atoms with Crippen molar-refractivity contribution in [1.29, 1.82) is 0 Å². The number of hydrogen-bond acceptors (Lipinski definition) is 4. The number of thioether (sulfide) groups is 1. The first-order chi connectivity index (χ1) is 6.94. The van der Waals surface area contributed by atoms with Crippen molar-refractivity contribution >= 4 is 17.9 Å². The molecule has 1 unspecified atom stereocenters. The van der Waals surface area contributed by atoms with Crippen molar-refractivity contribution in [2.24, 2.45) is 5.73 Å². The Hall–Kier alpha value is -0.420. The number of carbonyl (C=O) groups excluding carboxylic acids is 1. The highest BCUT2D eigenvalue weighted by atomic mass is 32.2. The van der Waals surface area contributed by atoms with Crippen LogP contribution in [0, 0.1) is 0 Å². The van der Waals surface area contributed by atoms with Crippen LogP contribution in [0.1, 0.15) is 20.8 Å². The van der Waals surface area contributed by atoms with Gasteiger partial charge in [-0.3, -0.25) is 0 Å². The van der Waals surface area contributed by atoms with Gasteiger partial charge in [0.25, 0.3) is 0 Å². The molecule has 0 aromatic carbocycles. The summed E-state index contributed by atoms with van der Waals surface area (Å²) in [6.07, 6.45) is -0.238. The molecule has 2 N–H and O–H groups in total. The summed E-state index contributed by atoms with van der Waals surface area (Å²) < 4.78 is 5.33. The fraction of sp³-hybridized carbons (Fsp3) is 0.900. The molecule has 1 rings (SSSR count). The monoisotopic (exact) mass is 232 g/mol. The molecule has 1 saturated heterocycles. The maximum atomic E-state index is 11.8. The van der Waals surface area contributed by atoms with E-state index in [1.54, 1.807) is 4.90 Å². The van der Waals surface area contributed by atoms with E-state index in [4.69, 9.17) is 10.5 Å². The standard InChI is InChI=1S/C10H20N2O2S/c1-10(2,3)14-9(13)12-4-5-15-7-8(12)6-11/h8H,4-7,11H2,1-3H3. The van der Waals surface area contributed by atoms with Gasteiger partial charge in [0.05, 0.1) is 6.04 Å². The summed E-state index contributed by atoms with van der Waals surface area (Å²) in [6, 6.07) is 0.124. The molecule has 0 aromatic rings. The van der Waals surface area contributed by atoms with Crippen LogP contribution in [0.25, 0.3) is 0 Å². The second kappa shape index (κ2) is 5.07. The molecule has 0 spiro atoms. The smallest absolute Gasteiger partial charge is 0.410 e. The Balaban J connectivity index is 2.56. The van der Waals surface area contributed by atoms with Crippen molar-refractivity contribution in [3.05, 3.63) is 0 Å². The third-order valence-corrected chi connectivity index (χ3v) is 3.22. The Morgan fingerprint density at radius 3 is 2.80 bits per heavy atom. The number of hydrogen-bond donors (Lipinski definition) is 1. The van der Waals surface area contributed by atoms with Gasteiger partial charge in [-0.15, -0.1) is 0 Å². The first-order valence-electron chi connectivity index (χ1n) is 5.21. The van der Waals surface area contributed by atoms with Gasteiger partial charge in [-0.2, -0.15) is 11.8 Å². The third-order valence-electron chi connectivity index (χ3n) is 2.13. The van der Waals surface area contributed by atoms with Gasteiger partial charge >= 0.3 is 6.09 Å². The molecule has 1 amide bonds. The molecule has 1 fully saturated rings. The zero-order chi connectivity index (χ0) is 11.5. The van der Waals surface area contributed by atoms with Crippen molar-refractivity contribution < 1.29 is 9.53 Å². The summed E-state index contributed by atoms with van der Waals surface area (Å²) in [6.45, 7) is 6.87. The van der Waals surface area contributed by atoms with E-state index in [1.807, 2.05) is 32.5 Å². The Labute approximate surface area is 95.5 Å². The summed E-state index contributed by atoms with van der Waals surface area (Å²) in [5, 5.41) is 0. The van der Waals surface area contributed by atoms with E-state index in [-0.39, 0.29) is 12.1 Å². The van der Waals surface area contributed by atoms with Gasteiger partial charge in [-0.25, -0.2) is 4.79 Å². The Bertz CT molecular complexity index is 228. The molecule has 1 heterocycles. The average molecular weight is 232 g/mol. The predicted octanol–water partition coefficient (Wildman–Crippen LogP) is 1.30. The van der Waals surface area contributed by atoms with Gasteiger partial charge in [-0.1, -0.05) is 0 Å². The zero-order valence-electron chi connectivity index (χ0n) is 9.66. The number of rotatable bonds is 1. The van der Waals surface area contributed by atoms with Crippen LogP contribution in [-0.2, 0) is 4.74 Å². The molecule has 0 saturated carbocycles. The molecule has 4 nitrogen and oxygen atoms in total. The first kappa shape index (κ1) is 12.6. The molecule has 15 heavy (non-hydrogen) atoms. The Morgan fingerprint density at radius 1 is 1.60 bits per heavy atom. The molecular formula is C10H20N2O2S. The van der Waals surface area contributed by atoms with Crippen LogP contribution in [0.3, 0.4) is 0 Å². The lowest BCUT2D eigenvalue weighted by Crippen LogP contribution is -2.51. The normalized spacial score (nSPS) is 22.7. The number of carbonyl (C=O) groups is 1. The lowest BCUT2D eigenvalue weighted by molar-refractivity contribution is 0.0194. The summed E-state index contributed by atoms with van der Waals surface area (Å²) in [5.41, 5.74) is 5.20. The molecule has 5 heteroatoms. The number of nitrogens with two attached hydrogens (primary N) is 1. The minimum absolute atomic E-state index is 0.124. The van der Waals surface area contributed by atoms with E-state index in [0.29, 0.717) is 6.54 Å². The van der Waals surface area contributed by atoms with E-state index >= 15 is 0 Å². The second-order valence-corrected chi connectivity index (χ2v) is 5.79. The molecule has 88 valence electrons. The minimum Gasteiger partial charge on any atom is -0.444 e. The van der Waals surface area contributed by atoms with Crippen molar-refractivity contribution in [2.45, 2.75) is 32.4 Å². The minimum atomic E-state index is -0.430. The third kappa shape index (κ3) is 3.91. The summed E-state index contributed by atoms with van der Waals surface area (Å²) in [5.74, 6) is 1.88. The summed E-state index contributed by atoms with van der Waals surface area (Å²) in [7, 11) is 0. The summed E-state index contributed by atoms with van der Waals surface area (Å²) >= 11 is 1.84. The molecule has 0 aromatic heterocycles. The van der Waals surface area contributed by atoms with Crippen molar-refractivity contribution in [3.8, 4) is 0 Å². The maximum absolute atomic E-state index is 11.8. The molecule has 1 aliphatic heterocycles. The van der Waals surface area contributed by atoms with E-state index in [2.05, 4.69) is 0 Å². The van der Waals surface area contributed by atoms with Crippen LogP contribution in [0.15, 0.2) is 0 Å². The van der Waals surface area contributed by atoms with Crippen LogP contribution in [0.4, 0.5) is 4.79 Å². The lowest BCUT2D eigenvalue weighted by Gasteiger charge is -2.35. The van der Waals surface area contributed by atoms with E-state index in [0.717, 1.165) is 18.1 Å². The number of nitrogens with zero attached hydrogens (tertiary/aromatic N) is 1. The quantitative estimate of drug-likeness (QED) is 0.740. The summed E-state index contributed by atoms with van der Waals surface area (Å²) in [4.78, 5) is 13.6. The molecule has 0 bridgehead atoms. The molecule has 1 atom stereocenters. The highest BCUT2D eigenvalue weighted by molar-refractivity contribution is 7.99. The molecular weight excluding hydrogens is 212 g/mol. The van der Waals surface area contributed by atoms with Crippen LogP contribution in [0.5, 0.6) is 0 Å². The van der Waals surface area contributed by atoms with Gasteiger partial charge in [0.15, 0.2) is 0 Å². The lowest BCUT2D eigenvalue weighted by atomic mass is 10.2. The van der Waals surface area contributed by atoms with Crippen LogP contribution in [-0.4, -0.2) is 47.2 Å². The Morgan fingerprint density at radius 2 is 2.27 bits per heavy atom. The fourth-order valence-electron chi connectivity index (χ4n) is 1.41. The Kier molecular flexibility index (Phi) is 4.28. The van der Waals surface area contributed by atoms with E-state index < -0.39 is 5.60 Å². The molecule has 1 aliphatic rings. The van der Waals surface area contributed by atoms with Crippen LogP contribution < -0.4 is 5.73 Å². The maximum Gasteiger partial charge on any atom is 0.410 e. The first-order valence-corrected chi connectivity index (χ1v) is 6.37. The topological polar surface area (TPSA) is 55.6 Å². The van der Waals surface area contributed by atoms with Gasteiger partial charge in [0.1, 0.15) is 5.60 Å². The largest absolute Gasteiger partial charge is 0.444 e. The zero-order valence-corrected chi connectivity index (χ0v) is 10.5. The highest BCUT2D eigenvalue weighted by Gasteiger charge is 2.29. The van der Waals surface area contributed by atoms with Gasteiger partial charge in [-0.05, 0) is 20.8 Å². The highest BCUT2D eigenvalue weighted by Crippen LogP contribution is 2.18. The number of amides is 1. The van der Waals surface area contributed by atoms with Gasteiger partial charge in [0, 0.05) is 24.6 Å². The molecule has 0 radical (unpaired) electrons. The van der Waals surface area contributed by atoms with Crippen LogP contribution in [0.2, 0.25) is 0 Å². The van der Waals surface area contributed by atoms with Gasteiger partial charge in [0.2, 0.25) is 0 Å². The van der Waals surface area contributed by atoms with E-state index in [1.165, 1.54) is 0 Å². The van der Waals surface area contributed by atoms with Crippen molar-refractivity contribution in [1.82, 2.24) is 4.90 Å². The van der Waals surface area contributed by atoms with E-state index in [9.17, 15) is 4.79 Å². The number of ether oxygens (including phenoxy) is 1.